The van der Waals surface area contributed by atoms with Gasteiger partial charge in [0.05, 0.1) is 0 Å². The number of fused-ring (bicyclic) bond motifs is 1. The first-order valence-corrected chi connectivity index (χ1v) is 3.20. The SMILES string of the molecule is O=[n+]1cncc2n([O-])ccnc1-2. The predicted octanol–water partition coefficient (Wildman–Crippen LogP) is -0.357. The van der Waals surface area contributed by atoms with E-state index in [1.54, 1.807) is 0 Å². The van der Waals surface area contributed by atoms with Gasteiger partial charge in [-0.2, -0.15) is 0 Å². The summed E-state index contributed by atoms with van der Waals surface area (Å²) < 4.78 is 0.994. The second-order valence-corrected chi connectivity index (χ2v) is 2.18. The highest BCUT2D eigenvalue weighted by molar-refractivity contribution is 5.44. The van der Waals surface area contributed by atoms with Crippen molar-refractivity contribution in [2.45, 2.75) is 0 Å². The van der Waals surface area contributed by atoms with Crippen LogP contribution in [0, 0.1) is 10.1 Å². The van der Waals surface area contributed by atoms with Crippen LogP contribution in [-0.4, -0.2) is 14.7 Å². The highest BCUT2D eigenvalue weighted by Crippen LogP contribution is 2.09. The monoisotopic (exact) mass is 164 g/mol. The zero-order valence-electron chi connectivity index (χ0n) is 5.91. The molecular weight excluding hydrogens is 160 g/mol. The maximum absolute atomic E-state index is 11.0. The van der Waals surface area contributed by atoms with E-state index < -0.39 is 0 Å². The minimum Gasteiger partial charge on any atom is -0.805 e. The Labute approximate surface area is 66.7 Å². The summed E-state index contributed by atoms with van der Waals surface area (Å²) in [6.45, 7) is 0. The number of rotatable bonds is 0. The van der Waals surface area contributed by atoms with Crippen LogP contribution in [0.4, 0.5) is 0 Å². The fraction of sp³-hybridized carbons (Fsp3) is 0. The Bertz CT molecular complexity index is 438. The fourth-order valence-electron chi connectivity index (χ4n) is 0.913. The van der Waals surface area contributed by atoms with Gasteiger partial charge in [-0.05, 0) is 0 Å². The van der Waals surface area contributed by atoms with Crippen LogP contribution in [0.15, 0.2) is 24.9 Å². The molecule has 12 heavy (non-hydrogen) atoms. The van der Waals surface area contributed by atoms with Crippen molar-refractivity contribution in [3.8, 4) is 11.5 Å². The van der Waals surface area contributed by atoms with Gasteiger partial charge >= 0.3 is 5.82 Å². The summed E-state index contributed by atoms with van der Waals surface area (Å²) in [5, 5.41) is 11.0. The van der Waals surface area contributed by atoms with E-state index in [0.29, 0.717) is 9.16 Å². The predicted molar refractivity (Wildman–Crippen MR) is 38.8 cm³/mol. The van der Waals surface area contributed by atoms with Gasteiger partial charge in [0.15, 0.2) is 5.69 Å². The van der Waals surface area contributed by atoms with Gasteiger partial charge in [0.2, 0.25) is 0 Å². The summed E-state index contributed by atoms with van der Waals surface area (Å²) >= 11 is 0. The standard InChI is InChI=1S/C6H4N4O2/c11-9-2-1-8-6-5(9)3-7-4-10(6)12/h1-4H. The molecule has 0 saturated heterocycles. The van der Waals surface area contributed by atoms with Crippen LogP contribution < -0.4 is 4.43 Å². The van der Waals surface area contributed by atoms with Gasteiger partial charge < -0.3 is 9.94 Å². The van der Waals surface area contributed by atoms with Gasteiger partial charge in [-0.15, -0.1) is 9.97 Å². The number of aromatic nitrogens is 4. The molecule has 0 fully saturated rings. The van der Waals surface area contributed by atoms with E-state index in [0.717, 1.165) is 6.33 Å². The minimum atomic E-state index is 0.0718. The first-order chi connectivity index (χ1) is 5.79. The van der Waals surface area contributed by atoms with Gasteiger partial charge in [-0.25, -0.2) is 0 Å². The lowest BCUT2D eigenvalue weighted by Crippen LogP contribution is -2.22. The molecule has 0 saturated carbocycles. The van der Waals surface area contributed by atoms with Crippen LogP contribution in [0.25, 0.3) is 11.5 Å². The molecule has 0 N–H and O–H groups in total. The Morgan fingerprint density at radius 1 is 1.58 bits per heavy atom. The van der Waals surface area contributed by atoms with Crippen LogP contribution in [0.1, 0.15) is 0 Å². The highest BCUT2D eigenvalue weighted by Gasteiger charge is 2.13. The third kappa shape index (κ3) is 0.815. The molecule has 0 aromatic heterocycles. The van der Waals surface area contributed by atoms with Crippen molar-refractivity contribution in [3.63, 3.8) is 0 Å². The third-order valence-corrected chi connectivity index (χ3v) is 1.44. The molecule has 2 rings (SSSR count). The molecule has 0 amide bonds. The Morgan fingerprint density at radius 2 is 2.42 bits per heavy atom. The van der Waals surface area contributed by atoms with Gasteiger partial charge in [-0.3, -0.25) is 0 Å². The molecule has 2 aliphatic rings. The molecule has 6 nitrogen and oxygen atoms in total. The summed E-state index contributed by atoms with van der Waals surface area (Å²) in [6.07, 6.45) is 4.83. The van der Waals surface area contributed by atoms with Crippen molar-refractivity contribution in [2.24, 2.45) is 0 Å². The number of hydrogen-bond acceptors (Lipinski definition) is 4. The summed E-state index contributed by atoms with van der Waals surface area (Å²) in [5.74, 6) is 0.0718. The van der Waals surface area contributed by atoms with E-state index in [9.17, 15) is 10.1 Å². The summed E-state index contributed by atoms with van der Waals surface area (Å²) in [4.78, 5) is 18.3. The molecule has 60 valence electrons. The van der Waals surface area contributed by atoms with E-state index in [1.165, 1.54) is 18.6 Å². The van der Waals surface area contributed by atoms with Gasteiger partial charge in [-0.1, -0.05) is 4.91 Å². The number of hydrogen-bond donors (Lipinski definition) is 0. The Balaban J connectivity index is 2.91. The molecule has 0 atom stereocenters. The smallest absolute Gasteiger partial charge is 0.331 e. The molecule has 0 aromatic rings. The maximum atomic E-state index is 11.0. The van der Waals surface area contributed by atoms with Crippen LogP contribution in [0.5, 0.6) is 0 Å². The Kier molecular flexibility index (Phi) is 1.26. The average molecular weight is 164 g/mol. The van der Waals surface area contributed by atoms with Crippen LogP contribution in [-0.2, 0) is 0 Å². The molecule has 0 bridgehead atoms. The lowest BCUT2D eigenvalue weighted by Gasteiger charge is -2.11. The average Bonchev–Trinajstić information content (AvgIpc) is 2.07. The molecule has 0 radical (unpaired) electrons. The summed E-state index contributed by atoms with van der Waals surface area (Å²) in [5.41, 5.74) is 0.162. The summed E-state index contributed by atoms with van der Waals surface area (Å²) in [7, 11) is 0. The fourth-order valence-corrected chi connectivity index (χ4v) is 0.913. The first kappa shape index (κ1) is 6.71. The quantitative estimate of drug-likeness (QED) is 0.498. The second kappa shape index (κ2) is 2.26. The molecule has 0 aliphatic carbocycles. The molecule has 2 aliphatic heterocycles. The number of nitrogens with zero attached hydrogens (tertiary/aromatic N) is 4. The third-order valence-electron chi connectivity index (χ3n) is 1.44. The zero-order valence-corrected chi connectivity index (χ0v) is 5.91. The van der Waals surface area contributed by atoms with E-state index in [4.69, 9.17) is 0 Å². The van der Waals surface area contributed by atoms with E-state index >= 15 is 0 Å². The van der Waals surface area contributed by atoms with Crippen LogP contribution >= 0.6 is 0 Å². The molecule has 0 unspecified atom stereocenters. The maximum Gasteiger partial charge on any atom is 0.331 e. The minimum absolute atomic E-state index is 0.0718. The molecule has 2 heterocycles. The van der Waals surface area contributed by atoms with Crippen LogP contribution in [0.2, 0.25) is 0 Å². The van der Waals surface area contributed by atoms with Crippen molar-refractivity contribution >= 4 is 0 Å². The van der Waals surface area contributed by atoms with Gasteiger partial charge in [0.1, 0.15) is 12.4 Å². The van der Waals surface area contributed by atoms with Gasteiger partial charge in [0.25, 0.3) is 6.33 Å². The molecular formula is C6H4N4O2. The lowest BCUT2D eigenvalue weighted by atomic mass is 10.4. The Morgan fingerprint density at radius 3 is 3.17 bits per heavy atom. The molecule has 6 heteroatoms. The normalized spacial score (nSPS) is 10.3. The largest absolute Gasteiger partial charge is 0.805 e. The zero-order chi connectivity index (χ0) is 8.55. The molecule has 0 aromatic carbocycles. The van der Waals surface area contributed by atoms with Crippen molar-refractivity contribution in [1.82, 2.24) is 14.7 Å². The highest BCUT2D eigenvalue weighted by atomic mass is 16.5. The summed E-state index contributed by atoms with van der Waals surface area (Å²) in [6, 6.07) is 0. The molecule has 0 spiro atoms. The van der Waals surface area contributed by atoms with Crippen molar-refractivity contribution in [1.29, 1.82) is 0 Å². The van der Waals surface area contributed by atoms with E-state index in [1.807, 2.05) is 0 Å². The lowest BCUT2D eigenvalue weighted by molar-refractivity contribution is -0.489. The Hall–Kier alpha value is -1.98. The van der Waals surface area contributed by atoms with Crippen molar-refractivity contribution in [2.75, 3.05) is 0 Å². The van der Waals surface area contributed by atoms with E-state index in [2.05, 4.69) is 9.97 Å². The van der Waals surface area contributed by atoms with Crippen molar-refractivity contribution in [3.05, 3.63) is 35.0 Å². The van der Waals surface area contributed by atoms with Gasteiger partial charge in [0, 0.05) is 10.6 Å². The van der Waals surface area contributed by atoms with Crippen molar-refractivity contribution < 1.29 is 4.43 Å². The topological polar surface area (TPSA) is 76.7 Å². The van der Waals surface area contributed by atoms with Crippen LogP contribution in [0.3, 0.4) is 0 Å². The van der Waals surface area contributed by atoms with E-state index in [-0.39, 0.29) is 11.5 Å². The first-order valence-electron chi connectivity index (χ1n) is 3.20. The second-order valence-electron chi connectivity index (χ2n) is 2.18.